The lowest BCUT2D eigenvalue weighted by Gasteiger charge is -2.17. The fourth-order valence-electron chi connectivity index (χ4n) is 2.99. The number of benzene rings is 2. The van der Waals surface area contributed by atoms with E-state index >= 15 is 0 Å². The highest BCUT2D eigenvalue weighted by molar-refractivity contribution is 6.29. The molecule has 0 aliphatic heterocycles. The fraction of sp³-hybridized carbons (Fsp3) is 0.261. The van der Waals surface area contributed by atoms with Crippen LogP contribution in [-0.4, -0.2) is 47.5 Å². The number of nitrogens with one attached hydrogen (secondary N) is 2. The average molecular weight is 440 g/mol. The number of likely N-dealkylation sites (N-methyl/N-ethyl adjacent to an activating group) is 1. The van der Waals surface area contributed by atoms with E-state index in [2.05, 4.69) is 25.5 Å². The van der Waals surface area contributed by atoms with Crippen molar-refractivity contribution in [3.63, 3.8) is 0 Å². The Morgan fingerprint density at radius 1 is 1.00 bits per heavy atom. The van der Waals surface area contributed by atoms with E-state index in [1.807, 2.05) is 62.4 Å². The number of amides is 1. The molecule has 0 atom stereocenters. The monoisotopic (exact) mass is 439 g/mol. The Balaban J connectivity index is 1.68. The maximum atomic E-state index is 12.2. The Bertz CT molecular complexity index is 1010. The number of carbonyl (C=O) groups is 1. The molecule has 0 bridgehead atoms. The van der Waals surface area contributed by atoms with Crippen molar-refractivity contribution < 1.29 is 9.53 Å². The van der Waals surface area contributed by atoms with Crippen molar-refractivity contribution in [1.29, 1.82) is 0 Å². The van der Waals surface area contributed by atoms with Gasteiger partial charge in [0, 0.05) is 23.0 Å². The predicted octanol–water partition coefficient (Wildman–Crippen LogP) is 4.83. The van der Waals surface area contributed by atoms with Gasteiger partial charge in [-0.1, -0.05) is 25.4 Å². The molecule has 0 aliphatic rings. The number of hydrogen-bond acceptors (Lipinski definition) is 6. The summed E-state index contributed by atoms with van der Waals surface area (Å²) in [5, 5.41) is 6.48. The van der Waals surface area contributed by atoms with Crippen LogP contribution in [-0.2, 0) is 4.79 Å². The van der Waals surface area contributed by atoms with Crippen molar-refractivity contribution in [2.75, 3.05) is 37.4 Å². The zero-order valence-electron chi connectivity index (χ0n) is 17.9. The summed E-state index contributed by atoms with van der Waals surface area (Å²) in [4.78, 5) is 23.1. The number of nitrogens with zero attached hydrogens (tertiary/aromatic N) is 3. The Labute approximate surface area is 187 Å². The first-order valence-corrected chi connectivity index (χ1v) is 10.5. The number of carbonyl (C=O) groups excluding carboxylic acids is 1. The molecule has 1 heterocycles. The minimum Gasteiger partial charge on any atom is -0.497 e. The van der Waals surface area contributed by atoms with Gasteiger partial charge in [0.1, 0.15) is 16.7 Å². The second-order valence-electron chi connectivity index (χ2n) is 6.84. The quantitative estimate of drug-likeness (QED) is 0.465. The fourth-order valence-corrected chi connectivity index (χ4v) is 3.17. The molecular formula is C23H26ClN5O2. The minimum absolute atomic E-state index is 0.0314. The molecule has 2 aromatic carbocycles. The molecule has 0 spiro atoms. The maximum absolute atomic E-state index is 12.2. The van der Waals surface area contributed by atoms with Gasteiger partial charge in [-0.3, -0.25) is 9.69 Å². The van der Waals surface area contributed by atoms with Crippen LogP contribution in [0.3, 0.4) is 0 Å². The summed E-state index contributed by atoms with van der Waals surface area (Å²) in [5.41, 5.74) is 2.39. The number of rotatable bonds is 9. The first kappa shape index (κ1) is 22.5. The van der Waals surface area contributed by atoms with Crippen molar-refractivity contribution in [3.05, 3.63) is 59.8 Å². The topological polar surface area (TPSA) is 79.4 Å². The summed E-state index contributed by atoms with van der Waals surface area (Å²) >= 11 is 6.21. The average Bonchev–Trinajstić information content (AvgIpc) is 2.78. The molecule has 1 amide bonds. The number of halogens is 1. The highest BCUT2D eigenvalue weighted by atomic mass is 35.5. The van der Waals surface area contributed by atoms with Crippen LogP contribution in [0.25, 0.3) is 11.4 Å². The van der Waals surface area contributed by atoms with Crippen LogP contribution in [0.2, 0.25) is 5.15 Å². The molecule has 2 N–H and O–H groups in total. The predicted molar refractivity (Wildman–Crippen MR) is 125 cm³/mol. The molecular weight excluding hydrogens is 414 g/mol. The number of methoxy groups -OCH3 is 1. The third-order valence-corrected chi connectivity index (χ3v) is 4.94. The Morgan fingerprint density at radius 2 is 1.65 bits per heavy atom. The third kappa shape index (κ3) is 6.41. The summed E-state index contributed by atoms with van der Waals surface area (Å²) in [6.07, 6.45) is 0. The van der Waals surface area contributed by atoms with E-state index in [9.17, 15) is 4.79 Å². The van der Waals surface area contributed by atoms with Gasteiger partial charge in [0.15, 0.2) is 5.82 Å². The van der Waals surface area contributed by atoms with E-state index in [-0.39, 0.29) is 5.91 Å². The minimum atomic E-state index is -0.0314. The van der Waals surface area contributed by atoms with Gasteiger partial charge in [-0.05, 0) is 61.6 Å². The SMILES string of the molecule is CCN(CC)CC(=O)Nc1ccc(Nc2cc(Cl)nc(-c3ccc(OC)cc3)n2)cc1. The molecule has 0 saturated heterocycles. The van der Waals surface area contributed by atoms with Gasteiger partial charge in [-0.2, -0.15) is 0 Å². The van der Waals surface area contributed by atoms with Crippen LogP contribution in [0, 0.1) is 0 Å². The van der Waals surface area contributed by atoms with Crippen LogP contribution < -0.4 is 15.4 Å². The van der Waals surface area contributed by atoms with Crippen molar-refractivity contribution in [3.8, 4) is 17.1 Å². The van der Waals surface area contributed by atoms with E-state index in [1.165, 1.54) is 0 Å². The summed E-state index contributed by atoms with van der Waals surface area (Å²) in [7, 11) is 1.62. The molecule has 0 unspecified atom stereocenters. The molecule has 0 aliphatic carbocycles. The highest BCUT2D eigenvalue weighted by Crippen LogP contribution is 2.25. The summed E-state index contributed by atoms with van der Waals surface area (Å²) in [6.45, 7) is 6.13. The van der Waals surface area contributed by atoms with Crippen LogP contribution in [0.1, 0.15) is 13.8 Å². The Kier molecular flexibility index (Phi) is 7.81. The van der Waals surface area contributed by atoms with Gasteiger partial charge < -0.3 is 15.4 Å². The highest BCUT2D eigenvalue weighted by Gasteiger charge is 2.09. The van der Waals surface area contributed by atoms with Crippen LogP contribution in [0.4, 0.5) is 17.2 Å². The van der Waals surface area contributed by atoms with Crippen molar-refractivity contribution in [1.82, 2.24) is 14.9 Å². The maximum Gasteiger partial charge on any atom is 0.238 e. The van der Waals surface area contributed by atoms with Gasteiger partial charge >= 0.3 is 0 Å². The van der Waals surface area contributed by atoms with Gasteiger partial charge in [0.05, 0.1) is 13.7 Å². The zero-order valence-corrected chi connectivity index (χ0v) is 18.6. The normalized spacial score (nSPS) is 10.7. The molecule has 8 heteroatoms. The van der Waals surface area contributed by atoms with Crippen LogP contribution in [0.5, 0.6) is 5.75 Å². The van der Waals surface area contributed by atoms with Gasteiger partial charge in [0.2, 0.25) is 5.91 Å². The smallest absolute Gasteiger partial charge is 0.238 e. The number of hydrogen-bond donors (Lipinski definition) is 2. The lowest BCUT2D eigenvalue weighted by Crippen LogP contribution is -2.32. The molecule has 162 valence electrons. The molecule has 0 fully saturated rings. The van der Waals surface area contributed by atoms with Crippen molar-refractivity contribution >= 4 is 34.7 Å². The van der Waals surface area contributed by atoms with Crippen LogP contribution >= 0.6 is 11.6 Å². The number of aromatic nitrogens is 2. The van der Waals surface area contributed by atoms with E-state index in [0.29, 0.717) is 23.3 Å². The second kappa shape index (κ2) is 10.7. The summed E-state index contributed by atoms with van der Waals surface area (Å²) in [5.74, 6) is 1.81. The van der Waals surface area contributed by atoms with E-state index < -0.39 is 0 Å². The first-order valence-electron chi connectivity index (χ1n) is 10.1. The van der Waals surface area contributed by atoms with Gasteiger partial charge in [0.25, 0.3) is 0 Å². The van der Waals surface area contributed by atoms with E-state index in [0.717, 1.165) is 35.8 Å². The standard InChI is InChI=1S/C23H26ClN5O2/c1-4-29(5-2)15-22(30)26-18-10-8-17(9-11-18)25-21-14-20(24)27-23(28-21)16-6-12-19(31-3)13-7-16/h6-14H,4-5,15H2,1-3H3,(H,26,30)(H,25,27,28). The second-order valence-corrected chi connectivity index (χ2v) is 7.23. The molecule has 0 saturated carbocycles. The lowest BCUT2D eigenvalue weighted by atomic mass is 10.2. The summed E-state index contributed by atoms with van der Waals surface area (Å²) < 4.78 is 5.19. The summed E-state index contributed by atoms with van der Waals surface area (Å²) in [6, 6.07) is 16.5. The molecule has 0 radical (unpaired) electrons. The van der Waals surface area contributed by atoms with Gasteiger partial charge in [-0.25, -0.2) is 9.97 Å². The lowest BCUT2D eigenvalue weighted by molar-refractivity contribution is -0.117. The van der Waals surface area contributed by atoms with Crippen LogP contribution in [0.15, 0.2) is 54.6 Å². The number of ether oxygens (including phenoxy) is 1. The Hall–Kier alpha value is -3.16. The van der Waals surface area contributed by atoms with E-state index in [1.54, 1.807) is 13.2 Å². The molecule has 7 nitrogen and oxygen atoms in total. The van der Waals surface area contributed by atoms with E-state index in [4.69, 9.17) is 16.3 Å². The van der Waals surface area contributed by atoms with Crippen molar-refractivity contribution in [2.45, 2.75) is 13.8 Å². The molecule has 3 rings (SSSR count). The number of anilines is 3. The molecule has 31 heavy (non-hydrogen) atoms. The molecule has 3 aromatic rings. The van der Waals surface area contributed by atoms with Gasteiger partial charge in [-0.15, -0.1) is 0 Å². The van der Waals surface area contributed by atoms with Crippen molar-refractivity contribution in [2.24, 2.45) is 0 Å². The molecule has 1 aromatic heterocycles. The largest absolute Gasteiger partial charge is 0.497 e. The zero-order chi connectivity index (χ0) is 22.2. The first-order chi connectivity index (χ1) is 15.0. The third-order valence-electron chi connectivity index (χ3n) is 4.75. The Morgan fingerprint density at radius 3 is 2.26 bits per heavy atom.